The highest BCUT2D eigenvalue weighted by molar-refractivity contribution is 5.93. The lowest BCUT2D eigenvalue weighted by atomic mass is 9.93. The molecule has 1 unspecified atom stereocenters. The van der Waals surface area contributed by atoms with Crippen LogP contribution in [0.3, 0.4) is 0 Å². The standard InChI is InChI=1S/C31H32FN5O2/c1-19-24-7-3-2-5-20(24)12-14-36(19)31(39)28-16-29(21-8-9-21)37-30(33-28)17-27(34-37)25-11-10-22(15-26(25)32)35-13-4-6-23(38)18-35/h2-3,5,7,10-11,15-17,19,21,23,38H,4,6,8-9,12-14,18H2,1H3/t19-,23?/m1/s1. The third kappa shape index (κ3) is 4.36. The minimum atomic E-state index is -0.383. The number of hydrogen-bond donors (Lipinski definition) is 1. The van der Waals surface area contributed by atoms with Crippen LogP contribution in [0, 0.1) is 5.82 Å². The minimum absolute atomic E-state index is 0.0287. The summed E-state index contributed by atoms with van der Waals surface area (Å²) >= 11 is 0. The molecule has 2 aliphatic heterocycles. The number of carbonyl (C=O) groups is 1. The molecule has 1 saturated heterocycles. The first kappa shape index (κ1) is 24.3. The van der Waals surface area contributed by atoms with Crippen LogP contribution in [0.5, 0.6) is 0 Å². The maximum atomic E-state index is 15.4. The lowest BCUT2D eigenvalue weighted by Gasteiger charge is -2.35. The Balaban J connectivity index is 1.22. The van der Waals surface area contributed by atoms with Gasteiger partial charge in [-0.15, -0.1) is 0 Å². The van der Waals surface area contributed by atoms with Crippen LogP contribution in [0.15, 0.2) is 54.6 Å². The number of rotatable bonds is 4. The predicted octanol–water partition coefficient (Wildman–Crippen LogP) is 5.13. The van der Waals surface area contributed by atoms with Gasteiger partial charge in [-0.3, -0.25) is 4.79 Å². The van der Waals surface area contributed by atoms with E-state index in [0.717, 1.165) is 50.0 Å². The second-order valence-corrected chi connectivity index (χ2v) is 11.2. The third-order valence-corrected chi connectivity index (χ3v) is 8.52. The topological polar surface area (TPSA) is 74.0 Å². The summed E-state index contributed by atoms with van der Waals surface area (Å²) in [4.78, 5) is 22.4. The van der Waals surface area contributed by atoms with Crippen LogP contribution in [-0.2, 0) is 6.42 Å². The normalized spacial score (nSPS) is 21.3. The van der Waals surface area contributed by atoms with Gasteiger partial charge in [0.05, 0.1) is 17.8 Å². The van der Waals surface area contributed by atoms with E-state index in [1.807, 2.05) is 34.1 Å². The molecule has 2 fully saturated rings. The molecule has 0 radical (unpaired) electrons. The van der Waals surface area contributed by atoms with E-state index in [0.29, 0.717) is 41.6 Å². The van der Waals surface area contributed by atoms with Crippen molar-refractivity contribution in [2.75, 3.05) is 24.5 Å². The number of aliphatic hydroxyl groups excluding tert-OH is 1. The average molecular weight is 526 g/mol. The second kappa shape index (κ2) is 9.45. The van der Waals surface area contributed by atoms with Crippen molar-refractivity contribution in [1.82, 2.24) is 19.5 Å². The number of carbonyl (C=O) groups excluding carboxylic acids is 1. The summed E-state index contributed by atoms with van der Waals surface area (Å²) in [5.41, 5.74) is 6.08. The van der Waals surface area contributed by atoms with E-state index in [2.05, 4.69) is 19.1 Å². The van der Waals surface area contributed by atoms with Crippen LogP contribution in [0.25, 0.3) is 16.9 Å². The van der Waals surface area contributed by atoms with Crippen LogP contribution in [0.4, 0.5) is 10.1 Å². The number of fused-ring (bicyclic) bond motifs is 2. The summed E-state index contributed by atoms with van der Waals surface area (Å²) in [7, 11) is 0. The average Bonchev–Trinajstić information content (AvgIpc) is 3.70. The van der Waals surface area contributed by atoms with Gasteiger partial charge in [0.25, 0.3) is 5.91 Å². The molecule has 0 spiro atoms. The molecule has 2 aromatic carbocycles. The van der Waals surface area contributed by atoms with E-state index in [4.69, 9.17) is 10.1 Å². The zero-order valence-electron chi connectivity index (χ0n) is 22.1. The second-order valence-electron chi connectivity index (χ2n) is 11.2. The van der Waals surface area contributed by atoms with Crippen molar-refractivity contribution in [1.29, 1.82) is 0 Å². The van der Waals surface area contributed by atoms with Gasteiger partial charge >= 0.3 is 0 Å². The SMILES string of the molecule is C[C@@H]1c2ccccc2CCN1C(=O)c1cc(C2CC2)n2nc(-c3ccc(N4CCCC(O)C4)cc3F)cc2n1. The van der Waals surface area contributed by atoms with E-state index in [9.17, 15) is 9.90 Å². The molecule has 7 nitrogen and oxygen atoms in total. The molecular weight excluding hydrogens is 493 g/mol. The molecule has 0 bridgehead atoms. The van der Waals surface area contributed by atoms with E-state index in [1.54, 1.807) is 16.6 Å². The summed E-state index contributed by atoms with van der Waals surface area (Å²) in [6, 6.07) is 17.1. The fourth-order valence-corrected chi connectivity index (χ4v) is 6.20. The Morgan fingerprint density at radius 1 is 1.05 bits per heavy atom. The number of hydrogen-bond acceptors (Lipinski definition) is 5. The number of benzene rings is 2. The Bertz CT molecular complexity index is 1580. The number of piperidine rings is 1. The quantitative estimate of drug-likeness (QED) is 0.400. The third-order valence-electron chi connectivity index (χ3n) is 8.52. The van der Waals surface area contributed by atoms with Crippen LogP contribution >= 0.6 is 0 Å². The van der Waals surface area contributed by atoms with Crippen molar-refractivity contribution in [2.45, 2.75) is 57.1 Å². The van der Waals surface area contributed by atoms with Crippen molar-refractivity contribution in [3.63, 3.8) is 0 Å². The molecule has 3 aliphatic rings. The van der Waals surface area contributed by atoms with Crippen molar-refractivity contribution < 1.29 is 14.3 Å². The fraction of sp³-hybridized carbons (Fsp3) is 0.387. The monoisotopic (exact) mass is 525 g/mol. The van der Waals surface area contributed by atoms with Crippen LogP contribution in [0.2, 0.25) is 0 Å². The van der Waals surface area contributed by atoms with E-state index in [-0.39, 0.29) is 23.9 Å². The first-order valence-electron chi connectivity index (χ1n) is 14.0. The predicted molar refractivity (Wildman–Crippen MR) is 147 cm³/mol. The minimum Gasteiger partial charge on any atom is -0.391 e. The molecule has 1 saturated carbocycles. The number of nitrogens with zero attached hydrogens (tertiary/aromatic N) is 5. The highest BCUT2D eigenvalue weighted by Gasteiger charge is 2.32. The zero-order valence-corrected chi connectivity index (χ0v) is 22.1. The first-order chi connectivity index (χ1) is 19.0. The number of halogens is 1. The number of aliphatic hydroxyl groups is 1. The van der Waals surface area contributed by atoms with Crippen molar-refractivity contribution in [3.8, 4) is 11.3 Å². The Labute approximate surface area is 226 Å². The van der Waals surface area contributed by atoms with Gasteiger partial charge in [-0.1, -0.05) is 24.3 Å². The van der Waals surface area contributed by atoms with Crippen molar-refractivity contribution >= 4 is 17.2 Å². The largest absolute Gasteiger partial charge is 0.391 e. The Morgan fingerprint density at radius 2 is 1.90 bits per heavy atom. The Hall–Kier alpha value is -3.78. The zero-order chi connectivity index (χ0) is 26.7. The summed E-state index contributed by atoms with van der Waals surface area (Å²) in [5, 5.41) is 14.8. The summed E-state index contributed by atoms with van der Waals surface area (Å²) in [5.74, 6) is -0.114. The van der Waals surface area contributed by atoms with Crippen molar-refractivity contribution in [3.05, 3.63) is 82.9 Å². The van der Waals surface area contributed by atoms with E-state index in [1.165, 1.54) is 17.2 Å². The molecule has 1 N–H and O–H groups in total. The molecule has 8 heteroatoms. The molecule has 200 valence electrons. The molecule has 1 aliphatic carbocycles. The van der Waals surface area contributed by atoms with Gasteiger partial charge in [-0.05, 0) is 74.4 Å². The van der Waals surface area contributed by atoms with Gasteiger partial charge in [0, 0.05) is 48.6 Å². The highest BCUT2D eigenvalue weighted by atomic mass is 19.1. The fourth-order valence-electron chi connectivity index (χ4n) is 6.20. The number of amides is 1. The molecule has 4 aromatic rings. The van der Waals surface area contributed by atoms with Gasteiger partial charge in [0.15, 0.2) is 5.65 Å². The lowest BCUT2D eigenvalue weighted by molar-refractivity contribution is 0.0671. The number of aromatic nitrogens is 3. The van der Waals surface area contributed by atoms with Gasteiger partial charge in [-0.2, -0.15) is 5.10 Å². The Morgan fingerprint density at radius 3 is 2.69 bits per heavy atom. The summed E-state index contributed by atoms with van der Waals surface area (Å²) in [6.45, 7) is 4.04. The smallest absolute Gasteiger partial charge is 0.273 e. The molecule has 2 aromatic heterocycles. The van der Waals surface area contributed by atoms with Crippen molar-refractivity contribution in [2.24, 2.45) is 0 Å². The molecule has 2 atom stereocenters. The maximum absolute atomic E-state index is 15.4. The van der Waals surface area contributed by atoms with Gasteiger partial charge in [0.2, 0.25) is 0 Å². The van der Waals surface area contributed by atoms with Gasteiger partial charge < -0.3 is 14.9 Å². The summed E-state index contributed by atoms with van der Waals surface area (Å²) in [6.07, 6.45) is 4.19. The first-order valence-corrected chi connectivity index (χ1v) is 14.0. The highest BCUT2D eigenvalue weighted by Crippen LogP contribution is 2.41. The lowest BCUT2D eigenvalue weighted by Crippen LogP contribution is -2.39. The van der Waals surface area contributed by atoms with E-state index >= 15 is 4.39 Å². The maximum Gasteiger partial charge on any atom is 0.273 e. The van der Waals surface area contributed by atoms with Crippen LogP contribution in [-0.4, -0.2) is 56.2 Å². The molecular formula is C31H32FN5O2. The van der Waals surface area contributed by atoms with Gasteiger partial charge in [0.1, 0.15) is 11.5 Å². The van der Waals surface area contributed by atoms with Crippen LogP contribution in [0.1, 0.15) is 71.9 Å². The molecule has 7 rings (SSSR count). The number of anilines is 1. The Kier molecular flexibility index (Phi) is 5.88. The number of β-amino-alcohol motifs (C(OH)–C–C–N with tert-alkyl or cyclic N) is 1. The molecule has 39 heavy (non-hydrogen) atoms. The van der Waals surface area contributed by atoms with Crippen LogP contribution < -0.4 is 4.90 Å². The molecule has 1 amide bonds. The van der Waals surface area contributed by atoms with Gasteiger partial charge in [-0.25, -0.2) is 13.9 Å². The summed E-state index contributed by atoms with van der Waals surface area (Å²) < 4.78 is 17.2. The van der Waals surface area contributed by atoms with E-state index < -0.39 is 0 Å². The molecule has 4 heterocycles.